The average molecular weight is 245 g/mol. The molecule has 0 radical (unpaired) electrons. The Bertz CT molecular complexity index is 473. The monoisotopic (exact) mass is 245 g/mol. The summed E-state index contributed by atoms with van der Waals surface area (Å²) in [7, 11) is 0. The van der Waals surface area contributed by atoms with Crippen LogP contribution in [0.2, 0.25) is 0 Å². The maximum atomic E-state index is 12.2. The third-order valence-electron chi connectivity index (χ3n) is 3.94. The highest BCUT2D eigenvalue weighted by Gasteiger charge is 2.44. The van der Waals surface area contributed by atoms with E-state index in [0.717, 1.165) is 18.6 Å². The van der Waals surface area contributed by atoms with Crippen LogP contribution in [0.15, 0.2) is 24.3 Å². The molecule has 1 aliphatic carbocycles. The van der Waals surface area contributed by atoms with Crippen molar-refractivity contribution in [3.05, 3.63) is 29.8 Å². The lowest BCUT2D eigenvalue weighted by Gasteiger charge is -2.45. The van der Waals surface area contributed by atoms with Crippen molar-refractivity contribution in [1.82, 2.24) is 5.32 Å². The first-order valence-electron chi connectivity index (χ1n) is 6.68. The standard InChI is InChI=1S/C15H19NO2/c1-10-7-11(2)9-15(8-10)16-14(17)12-5-3-4-6-13(12)18-15/h3-6,10-11H,7-9H2,1-2H3,(H,16,17)/t10-,11-/m0/s1. The van der Waals surface area contributed by atoms with Crippen molar-refractivity contribution in [2.24, 2.45) is 11.8 Å². The zero-order valence-corrected chi connectivity index (χ0v) is 10.9. The van der Waals surface area contributed by atoms with E-state index < -0.39 is 5.72 Å². The molecule has 0 aromatic heterocycles. The molecule has 18 heavy (non-hydrogen) atoms. The van der Waals surface area contributed by atoms with Crippen LogP contribution in [0.5, 0.6) is 5.75 Å². The Balaban J connectivity index is 1.95. The Kier molecular flexibility index (Phi) is 2.58. The summed E-state index contributed by atoms with van der Waals surface area (Å²) in [5, 5.41) is 3.09. The van der Waals surface area contributed by atoms with Crippen molar-refractivity contribution >= 4 is 5.91 Å². The maximum absolute atomic E-state index is 12.2. The van der Waals surface area contributed by atoms with E-state index in [1.807, 2.05) is 24.3 Å². The lowest BCUT2D eigenvalue weighted by Crippen LogP contribution is -2.59. The summed E-state index contributed by atoms with van der Waals surface area (Å²) in [6.45, 7) is 4.46. The van der Waals surface area contributed by atoms with E-state index in [-0.39, 0.29) is 5.91 Å². The van der Waals surface area contributed by atoms with Gasteiger partial charge in [-0.1, -0.05) is 26.0 Å². The fourth-order valence-corrected chi connectivity index (χ4v) is 3.50. The van der Waals surface area contributed by atoms with Gasteiger partial charge < -0.3 is 10.1 Å². The van der Waals surface area contributed by atoms with Crippen LogP contribution in [0.3, 0.4) is 0 Å². The molecule has 96 valence electrons. The van der Waals surface area contributed by atoms with Crippen LogP contribution in [-0.4, -0.2) is 11.6 Å². The zero-order chi connectivity index (χ0) is 12.8. The summed E-state index contributed by atoms with van der Waals surface area (Å²) in [6, 6.07) is 7.49. The number of amides is 1. The number of hydrogen-bond acceptors (Lipinski definition) is 2. The van der Waals surface area contributed by atoms with E-state index in [1.54, 1.807) is 0 Å². The van der Waals surface area contributed by atoms with Gasteiger partial charge in [0.1, 0.15) is 5.75 Å². The third-order valence-corrected chi connectivity index (χ3v) is 3.94. The number of fused-ring (bicyclic) bond motifs is 1. The molecule has 3 nitrogen and oxygen atoms in total. The van der Waals surface area contributed by atoms with Gasteiger partial charge in [0.15, 0.2) is 5.72 Å². The predicted molar refractivity (Wildman–Crippen MR) is 69.4 cm³/mol. The topological polar surface area (TPSA) is 38.3 Å². The second kappa shape index (κ2) is 4.01. The van der Waals surface area contributed by atoms with Gasteiger partial charge in [0.2, 0.25) is 0 Å². The van der Waals surface area contributed by atoms with Crippen molar-refractivity contribution in [2.45, 2.75) is 38.8 Å². The van der Waals surface area contributed by atoms with E-state index in [2.05, 4.69) is 19.2 Å². The molecule has 0 unspecified atom stereocenters. The summed E-state index contributed by atoms with van der Waals surface area (Å²) in [5.74, 6) is 1.89. The number of hydrogen-bond donors (Lipinski definition) is 1. The molecular weight excluding hydrogens is 226 g/mol. The zero-order valence-electron chi connectivity index (χ0n) is 10.9. The highest BCUT2D eigenvalue weighted by Crippen LogP contribution is 2.40. The lowest BCUT2D eigenvalue weighted by atomic mass is 9.77. The molecule has 1 amide bonds. The van der Waals surface area contributed by atoms with Gasteiger partial charge in [-0.05, 0) is 30.4 Å². The lowest BCUT2D eigenvalue weighted by molar-refractivity contribution is -0.0378. The number of carbonyl (C=O) groups is 1. The molecule has 0 bridgehead atoms. The highest BCUT2D eigenvalue weighted by molar-refractivity contribution is 5.98. The summed E-state index contributed by atoms with van der Waals surface area (Å²) in [4.78, 5) is 12.2. The van der Waals surface area contributed by atoms with Gasteiger partial charge in [0.25, 0.3) is 5.91 Å². The first-order valence-corrected chi connectivity index (χ1v) is 6.68. The van der Waals surface area contributed by atoms with E-state index in [4.69, 9.17) is 4.74 Å². The predicted octanol–water partition coefficient (Wildman–Crippen LogP) is 2.96. The van der Waals surface area contributed by atoms with E-state index >= 15 is 0 Å². The molecule has 0 saturated heterocycles. The van der Waals surface area contributed by atoms with Gasteiger partial charge in [-0.25, -0.2) is 0 Å². The van der Waals surface area contributed by atoms with Crippen molar-refractivity contribution < 1.29 is 9.53 Å². The highest BCUT2D eigenvalue weighted by atomic mass is 16.5. The van der Waals surface area contributed by atoms with Crippen LogP contribution in [0.25, 0.3) is 0 Å². The molecule has 1 aromatic carbocycles. The van der Waals surface area contributed by atoms with Gasteiger partial charge in [-0.15, -0.1) is 0 Å². The van der Waals surface area contributed by atoms with Crippen LogP contribution in [0.4, 0.5) is 0 Å². The number of carbonyl (C=O) groups excluding carboxylic acids is 1. The van der Waals surface area contributed by atoms with Gasteiger partial charge in [0, 0.05) is 12.8 Å². The summed E-state index contributed by atoms with van der Waals surface area (Å²) in [5.41, 5.74) is 0.164. The Hall–Kier alpha value is -1.51. The number of para-hydroxylation sites is 1. The van der Waals surface area contributed by atoms with E-state index in [1.165, 1.54) is 6.42 Å². The number of nitrogens with one attached hydrogen (secondary N) is 1. The number of ether oxygens (including phenoxy) is 1. The van der Waals surface area contributed by atoms with Gasteiger partial charge >= 0.3 is 0 Å². The Morgan fingerprint density at radius 2 is 1.89 bits per heavy atom. The second-order valence-corrected chi connectivity index (χ2v) is 5.90. The molecule has 1 aliphatic heterocycles. The fraction of sp³-hybridized carbons (Fsp3) is 0.533. The molecule has 1 N–H and O–H groups in total. The molecule has 3 rings (SSSR count). The first-order chi connectivity index (χ1) is 8.58. The SMILES string of the molecule is C[C@H]1C[C@H](C)CC2(C1)NC(=O)c1ccccc1O2. The minimum Gasteiger partial charge on any atom is -0.467 e. The summed E-state index contributed by atoms with van der Waals surface area (Å²) < 4.78 is 6.14. The van der Waals surface area contributed by atoms with Gasteiger partial charge in [0.05, 0.1) is 5.56 Å². The van der Waals surface area contributed by atoms with Gasteiger partial charge in [-0.2, -0.15) is 0 Å². The largest absolute Gasteiger partial charge is 0.467 e. The van der Waals surface area contributed by atoms with Crippen LogP contribution in [-0.2, 0) is 0 Å². The van der Waals surface area contributed by atoms with Crippen LogP contribution < -0.4 is 10.1 Å². The van der Waals surface area contributed by atoms with Crippen LogP contribution in [0.1, 0.15) is 43.5 Å². The number of benzene rings is 1. The minimum atomic E-state index is -0.484. The smallest absolute Gasteiger partial charge is 0.258 e. The molecule has 2 atom stereocenters. The second-order valence-electron chi connectivity index (χ2n) is 5.90. The van der Waals surface area contributed by atoms with Crippen molar-refractivity contribution in [3.8, 4) is 5.75 Å². The van der Waals surface area contributed by atoms with Crippen molar-refractivity contribution in [3.63, 3.8) is 0 Å². The minimum absolute atomic E-state index is 0.00171. The molecule has 1 saturated carbocycles. The van der Waals surface area contributed by atoms with E-state index in [0.29, 0.717) is 17.4 Å². The normalized spacial score (nSPS) is 34.7. The first kappa shape index (κ1) is 11.6. The van der Waals surface area contributed by atoms with Gasteiger partial charge in [-0.3, -0.25) is 4.79 Å². The molecule has 1 heterocycles. The quantitative estimate of drug-likeness (QED) is 0.763. The fourth-order valence-electron chi connectivity index (χ4n) is 3.50. The molecule has 3 heteroatoms. The summed E-state index contributed by atoms with van der Waals surface area (Å²) in [6.07, 6.45) is 3.01. The van der Waals surface area contributed by atoms with Crippen LogP contribution >= 0.6 is 0 Å². The van der Waals surface area contributed by atoms with Crippen molar-refractivity contribution in [1.29, 1.82) is 0 Å². The third kappa shape index (κ3) is 1.88. The Labute approximate surface area is 108 Å². The number of rotatable bonds is 0. The molecular formula is C15H19NO2. The maximum Gasteiger partial charge on any atom is 0.258 e. The molecule has 1 fully saturated rings. The average Bonchev–Trinajstić information content (AvgIpc) is 2.26. The molecule has 2 aliphatic rings. The van der Waals surface area contributed by atoms with E-state index in [9.17, 15) is 4.79 Å². The van der Waals surface area contributed by atoms with Crippen molar-refractivity contribution in [2.75, 3.05) is 0 Å². The summed E-state index contributed by atoms with van der Waals surface area (Å²) >= 11 is 0. The Morgan fingerprint density at radius 3 is 2.61 bits per heavy atom. The molecule has 1 aromatic rings. The van der Waals surface area contributed by atoms with Crippen LogP contribution in [0, 0.1) is 11.8 Å². The molecule has 1 spiro atoms. The Morgan fingerprint density at radius 1 is 1.22 bits per heavy atom.